The molecule has 3 nitrogen and oxygen atoms in total. The van der Waals surface area contributed by atoms with Crippen molar-refractivity contribution in [3.8, 4) is 0 Å². The summed E-state index contributed by atoms with van der Waals surface area (Å²) < 4.78 is 36.3. The molecule has 0 aliphatic carbocycles. The number of nitrogens with one attached hydrogen (secondary N) is 1. The minimum atomic E-state index is -4.62. The van der Waals surface area contributed by atoms with Gasteiger partial charge in [0, 0.05) is 5.41 Å². The average Bonchev–Trinajstić information content (AvgIpc) is 1.95. The molecular weight excluding hydrogens is 199 g/mol. The molecule has 0 saturated carbocycles. The number of carbonyl (C=O) groups excluding carboxylic acids is 1. The monoisotopic (exact) mass is 213 g/mol. The normalized spacial score (nSPS) is 15.1. The van der Waals surface area contributed by atoms with Gasteiger partial charge in [0.05, 0.1) is 6.61 Å². The Morgan fingerprint density at radius 3 is 2.00 bits per heavy atom. The first-order chi connectivity index (χ1) is 6.09. The van der Waals surface area contributed by atoms with E-state index in [-0.39, 0.29) is 0 Å². The molecule has 0 spiro atoms. The van der Waals surface area contributed by atoms with Crippen molar-refractivity contribution in [1.82, 2.24) is 5.32 Å². The van der Waals surface area contributed by atoms with Gasteiger partial charge in [0.15, 0.2) is 0 Å². The molecule has 0 fully saturated rings. The fourth-order valence-corrected chi connectivity index (χ4v) is 0.606. The second-order valence-corrected chi connectivity index (χ2v) is 4.00. The molecule has 1 amide bonds. The number of alkyl halides is 3. The highest BCUT2D eigenvalue weighted by atomic mass is 19.4. The van der Waals surface area contributed by atoms with Gasteiger partial charge in [-0.2, -0.15) is 13.2 Å². The van der Waals surface area contributed by atoms with Gasteiger partial charge in [0.2, 0.25) is 5.91 Å². The lowest BCUT2D eigenvalue weighted by molar-refractivity contribution is -0.170. The van der Waals surface area contributed by atoms with Crippen LogP contribution in [0.4, 0.5) is 13.2 Å². The lowest BCUT2D eigenvalue weighted by atomic mass is 9.95. The van der Waals surface area contributed by atoms with Crippen LogP contribution in [0.1, 0.15) is 20.8 Å². The van der Waals surface area contributed by atoms with Crippen LogP contribution >= 0.6 is 0 Å². The zero-order chi connectivity index (χ0) is 11.6. The molecule has 0 bridgehead atoms. The van der Waals surface area contributed by atoms with Crippen molar-refractivity contribution in [3.63, 3.8) is 0 Å². The molecule has 0 aromatic carbocycles. The maximum absolute atomic E-state index is 12.1. The Balaban J connectivity index is 4.43. The average molecular weight is 213 g/mol. The quantitative estimate of drug-likeness (QED) is 0.720. The number of aliphatic hydroxyl groups excluding tert-OH is 1. The van der Waals surface area contributed by atoms with Crippen molar-refractivity contribution in [2.24, 2.45) is 5.41 Å². The Kier molecular flexibility index (Phi) is 3.93. The van der Waals surface area contributed by atoms with Gasteiger partial charge in [-0.15, -0.1) is 0 Å². The van der Waals surface area contributed by atoms with E-state index in [0.717, 1.165) is 0 Å². The largest absolute Gasteiger partial charge is 0.410 e. The summed E-state index contributed by atoms with van der Waals surface area (Å²) in [5.41, 5.74) is -0.904. The van der Waals surface area contributed by atoms with Crippen molar-refractivity contribution < 1.29 is 23.1 Å². The highest BCUT2D eigenvalue weighted by molar-refractivity contribution is 5.81. The van der Waals surface area contributed by atoms with Crippen LogP contribution < -0.4 is 5.32 Å². The number of hydrogen-bond acceptors (Lipinski definition) is 2. The molecule has 1 unspecified atom stereocenters. The minimum absolute atomic E-state index is 0.742. The molecule has 84 valence electrons. The second-order valence-electron chi connectivity index (χ2n) is 4.00. The predicted octanol–water partition coefficient (Wildman–Crippen LogP) is 1.07. The molecule has 0 rings (SSSR count). The van der Waals surface area contributed by atoms with Gasteiger partial charge in [-0.25, -0.2) is 0 Å². The smallest absolute Gasteiger partial charge is 0.394 e. The van der Waals surface area contributed by atoms with E-state index in [1.165, 1.54) is 20.8 Å². The molecule has 1 atom stereocenters. The van der Waals surface area contributed by atoms with Crippen molar-refractivity contribution >= 4 is 5.91 Å². The second kappa shape index (κ2) is 4.16. The third-order valence-electron chi connectivity index (χ3n) is 1.56. The fourth-order valence-electron chi connectivity index (χ4n) is 0.606. The number of amides is 1. The third kappa shape index (κ3) is 3.95. The van der Waals surface area contributed by atoms with E-state index in [2.05, 4.69) is 0 Å². The van der Waals surface area contributed by atoms with Crippen LogP contribution in [0.5, 0.6) is 0 Å². The molecule has 0 aliphatic rings. The van der Waals surface area contributed by atoms with Gasteiger partial charge in [-0.05, 0) is 0 Å². The molecule has 0 aromatic rings. The Morgan fingerprint density at radius 1 is 1.36 bits per heavy atom. The Hall–Kier alpha value is -0.780. The SMILES string of the molecule is CC(C)(C)C(=O)NC(CO)C(F)(F)F. The molecule has 0 heterocycles. The number of carbonyl (C=O) groups is 1. The lowest BCUT2D eigenvalue weighted by Crippen LogP contribution is -2.51. The van der Waals surface area contributed by atoms with E-state index in [1.54, 1.807) is 5.32 Å². The zero-order valence-electron chi connectivity index (χ0n) is 8.27. The van der Waals surface area contributed by atoms with Crippen LogP contribution in [0.3, 0.4) is 0 Å². The van der Waals surface area contributed by atoms with Crippen LogP contribution in [0.2, 0.25) is 0 Å². The topological polar surface area (TPSA) is 49.3 Å². The van der Waals surface area contributed by atoms with E-state index in [9.17, 15) is 18.0 Å². The van der Waals surface area contributed by atoms with Crippen LogP contribution in [-0.2, 0) is 4.79 Å². The van der Waals surface area contributed by atoms with Crippen molar-refractivity contribution in [2.45, 2.75) is 33.0 Å². The van der Waals surface area contributed by atoms with Gasteiger partial charge in [-0.1, -0.05) is 20.8 Å². The maximum atomic E-state index is 12.1. The summed E-state index contributed by atoms with van der Waals surface area (Å²) in [4.78, 5) is 11.2. The first-order valence-electron chi connectivity index (χ1n) is 4.07. The maximum Gasteiger partial charge on any atom is 0.410 e. The number of aliphatic hydroxyl groups is 1. The van der Waals surface area contributed by atoms with Crippen LogP contribution in [-0.4, -0.2) is 29.8 Å². The van der Waals surface area contributed by atoms with Crippen LogP contribution in [0.15, 0.2) is 0 Å². The summed E-state index contributed by atoms with van der Waals surface area (Å²) in [6.45, 7) is 3.33. The fraction of sp³-hybridized carbons (Fsp3) is 0.875. The highest BCUT2D eigenvalue weighted by Crippen LogP contribution is 2.21. The first kappa shape index (κ1) is 13.2. The zero-order valence-corrected chi connectivity index (χ0v) is 8.27. The van der Waals surface area contributed by atoms with E-state index >= 15 is 0 Å². The molecule has 0 aliphatic heterocycles. The summed E-state index contributed by atoms with van der Waals surface area (Å²) in [6, 6.07) is -2.19. The van der Waals surface area contributed by atoms with Gasteiger partial charge < -0.3 is 10.4 Å². The van der Waals surface area contributed by atoms with E-state index in [0.29, 0.717) is 0 Å². The first-order valence-corrected chi connectivity index (χ1v) is 4.07. The number of halogens is 3. The van der Waals surface area contributed by atoms with Gasteiger partial charge >= 0.3 is 6.18 Å². The van der Waals surface area contributed by atoms with E-state index < -0.39 is 30.1 Å². The third-order valence-corrected chi connectivity index (χ3v) is 1.56. The summed E-state index contributed by atoms with van der Waals surface area (Å²) >= 11 is 0. The molecular formula is C8H14F3NO2. The Morgan fingerprint density at radius 2 is 1.79 bits per heavy atom. The minimum Gasteiger partial charge on any atom is -0.394 e. The van der Waals surface area contributed by atoms with Crippen molar-refractivity contribution in [2.75, 3.05) is 6.61 Å². The summed E-state index contributed by atoms with van der Waals surface area (Å²) in [6.07, 6.45) is -4.62. The van der Waals surface area contributed by atoms with Crippen LogP contribution in [0.25, 0.3) is 0 Å². The molecule has 0 saturated heterocycles. The number of hydrogen-bond donors (Lipinski definition) is 2. The molecule has 6 heteroatoms. The molecule has 0 radical (unpaired) electrons. The van der Waals surface area contributed by atoms with Gasteiger partial charge in [-0.3, -0.25) is 4.79 Å². The van der Waals surface area contributed by atoms with E-state index in [1.807, 2.05) is 0 Å². The summed E-state index contributed by atoms with van der Waals surface area (Å²) in [7, 11) is 0. The highest BCUT2D eigenvalue weighted by Gasteiger charge is 2.41. The van der Waals surface area contributed by atoms with E-state index in [4.69, 9.17) is 5.11 Å². The van der Waals surface area contributed by atoms with Crippen molar-refractivity contribution in [1.29, 1.82) is 0 Å². The summed E-state index contributed by atoms with van der Waals surface area (Å²) in [5, 5.41) is 10.2. The van der Waals surface area contributed by atoms with Gasteiger partial charge in [0.25, 0.3) is 0 Å². The molecule has 14 heavy (non-hydrogen) atoms. The Labute approximate surface area is 80.3 Å². The van der Waals surface area contributed by atoms with Crippen molar-refractivity contribution in [3.05, 3.63) is 0 Å². The standard InChI is InChI=1S/C8H14F3NO2/c1-7(2,3)6(14)12-5(4-13)8(9,10)11/h5,13H,4H2,1-3H3,(H,12,14). The lowest BCUT2D eigenvalue weighted by Gasteiger charge is -2.24. The molecule has 2 N–H and O–H groups in total. The number of rotatable bonds is 2. The predicted molar refractivity (Wildman–Crippen MR) is 44.5 cm³/mol. The van der Waals surface area contributed by atoms with Gasteiger partial charge in [0.1, 0.15) is 6.04 Å². The Bertz CT molecular complexity index is 208. The van der Waals surface area contributed by atoms with Crippen LogP contribution in [0, 0.1) is 5.41 Å². The summed E-state index contributed by atoms with van der Waals surface area (Å²) in [5.74, 6) is -0.742. The molecule has 0 aromatic heterocycles.